The molecule has 0 N–H and O–H groups in total. The average Bonchev–Trinajstić information content (AvgIpc) is 2.96. The summed E-state index contributed by atoms with van der Waals surface area (Å²) in [6.07, 6.45) is 2.61. The van der Waals surface area contributed by atoms with Crippen LogP contribution in [0.5, 0.6) is 0 Å². The first-order chi connectivity index (χ1) is 9.80. The van der Waals surface area contributed by atoms with Crippen molar-refractivity contribution in [2.45, 2.75) is 58.7 Å². The van der Waals surface area contributed by atoms with Gasteiger partial charge in [-0.1, -0.05) is 12.1 Å². The Hall–Kier alpha value is -0.995. The van der Waals surface area contributed by atoms with Crippen LogP contribution in [0.3, 0.4) is 0 Å². The van der Waals surface area contributed by atoms with Gasteiger partial charge in [0.2, 0.25) is 0 Å². The molecule has 0 amide bonds. The standard InChI is InChI=1S/C17H26BNO2/c1-13-12-14(8-9-15(13)19-10-6-7-11-19)18-20-16(2,3)17(4,5)21-18/h8-9,12H,6-7,10-11H2,1-5H3. The smallest absolute Gasteiger partial charge is 0.399 e. The fourth-order valence-corrected chi connectivity index (χ4v) is 3.12. The van der Waals surface area contributed by atoms with Gasteiger partial charge in [0.25, 0.3) is 0 Å². The van der Waals surface area contributed by atoms with E-state index >= 15 is 0 Å². The Morgan fingerprint density at radius 2 is 1.57 bits per heavy atom. The van der Waals surface area contributed by atoms with E-state index in [-0.39, 0.29) is 18.3 Å². The molecule has 0 aliphatic carbocycles. The maximum Gasteiger partial charge on any atom is 0.494 e. The second-order valence-corrected chi connectivity index (χ2v) is 7.33. The van der Waals surface area contributed by atoms with Crippen molar-refractivity contribution in [2.24, 2.45) is 0 Å². The molecule has 2 heterocycles. The zero-order chi connectivity index (χ0) is 15.3. The Labute approximate surface area is 128 Å². The predicted molar refractivity (Wildman–Crippen MR) is 88.3 cm³/mol. The maximum absolute atomic E-state index is 6.13. The van der Waals surface area contributed by atoms with Crippen LogP contribution in [0.4, 0.5) is 5.69 Å². The molecule has 2 aliphatic heterocycles. The summed E-state index contributed by atoms with van der Waals surface area (Å²) in [6, 6.07) is 6.60. The van der Waals surface area contributed by atoms with Gasteiger partial charge < -0.3 is 14.2 Å². The highest BCUT2D eigenvalue weighted by molar-refractivity contribution is 6.62. The molecule has 0 unspecified atom stereocenters. The van der Waals surface area contributed by atoms with Gasteiger partial charge in [0.05, 0.1) is 11.2 Å². The molecule has 0 spiro atoms. The number of aryl methyl sites for hydroxylation is 1. The first-order valence-electron chi connectivity index (χ1n) is 8.01. The summed E-state index contributed by atoms with van der Waals surface area (Å²) >= 11 is 0. The van der Waals surface area contributed by atoms with Gasteiger partial charge in [-0.05, 0) is 64.6 Å². The van der Waals surface area contributed by atoms with Crippen molar-refractivity contribution in [2.75, 3.05) is 18.0 Å². The van der Waals surface area contributed by atoms with Gasteiger partial charge in [0.15, 0.2) is 0 Å². The van der Waals surface area contributed by atoms with Gasteiger partial charge >= 0.3 is 7.12 Å². The topological polar surface area (TPSA) is 21.7 Å². The third kappa shape index (κ3) is 2.60. The normalized spacial score (nSPS) is 23.9. The van der Waals surface area contributed by atoms with Gasteiger partial charge in [-0.25, -0.2) is 0 Å². The molecule has 4 heteroatoms. The summed E-state index contributed by atoms with van der Waals surface area (Å²) in [5.74, 6) is 0. The SMILES string of the molecule is Cc1cc(B2OC(C)(C)C(C)(C)O2)ccc1N1CCCC1. The molecular formula is C17H26BNO2. The van der Waals surface area contributed by atoms with Crippen LogP contribution in [-0.4, -0.2) is 31.4 Å². The Bertz CT molecular complexity index is 520. The van der Waals surface area contributed by atoms with Gasteiger partial charge in [0, 0.05) is 18.8 Å². The summed E-state index contributed by atoms with van der Waals surface area (Å²) in [4.78, 5) is 2.48. The number of hydrogen-bond acceptors (Lipinski definition) is 3. The second-order valence-electron chi connectivity index (χ2n) is 7.33. The zero-order valence-corrected chi connectivity index (χ0v) is 13.9. The molecule has 0 bridgehead atoms. The summed E-state index contributed by atoms with van der Waals surface area (Å²) < 4.78 is 12.3. The highest BCUT2D eigenvalue weighted by Gasteiger charge is 2.51. The summed E-state index contributed by atoms with van der Waals surface area (Å²) in [6.45, 7) is 12.9. The maximum atomic E-state index is 6.13. The summed E-state index contributed by atoms with van der Waals surface area (Å²) in [5.41, 5.74) is 3.23. The van der Waals surface area contributed by atoms with E-state index in [1.165, 1.54) is 37.2 Å². The molecule has 0 saturated carbocycles. The largest absolute Gasteiger partial charge is 0.494 e. The fraction of sp³-hybridized carbons (Fsp3) is 0.647. The molecular weight excluding hydrogens is 261 g/mol. The average molecular weight is 287 g/mol. The fourth-order valence-electron chi connectivity index (χ4n) is 3.12. The lowest BCUT2D eigenvalue weighted by Gasteiger charge is -2.32. The third-order valence-corrected chi connectivity index (χ3v) is 5.19. The minimum absolute atomic E-state index is 0.263. The Morgan fingerprint density at radius 3 is 2.10 bits per heavy atom. The van der Waals surface area contributed by atoms with E-state index < -0.39 is 0 Å². The van der Waals surface area contributed by atoms with Gasteiger partial charge in [-0.15, -0.1) is 0 Å². The molecule has 21 heavy (non-hydrogen) atoms. The molecule has 3 rings (SSSR count). The number of benzene rings is 1. The van der Waals surface area contributed by atoms with Crippen molar-refractivity contribution in [3.05, 3.63) is 23.8 Å². The lowest BCUT2D eigenvalue weighted by atomic mass is 9.78. The molecule has 114 valence electrons. The minimum atomic E-state index is -0.279. The zero-order valence-electron chi connectivity index (χ0n) is 13.9. The van der Waals surface area contributed by atoms with Crippen molar-refractivity contribution in [1.82, 2.24) is 0 Å². The molecule has 2 aliphatic rings. The van der Waals surface area contributed by atoms with Crippen LogP contribution < -0.4 is 10.4 Å². The Balaban J connectivity index is 1.83. The van der Waals surface area contributed by atoms with E-state index in [9.17, 15) is 0 Å². The van der Waals surface area contributed by atoms with Crippen LogP contribution in [0, 0.1) is 6.92 Å². The lowest BCUT2D eigenvalue weighted by molar-refractivity contribution is 0.00578. The molecule has 0 aromatic heterocycles. The molecule has 1 aromatic carbocycles. The van der Waals surface area contributed by atoms with Crippen LogP contribution in [0.2, 0.25) is 0 Å². The van der Waals surface area contributed by atoms with Crippen molar-refractivity contribution in [1.29, 1.82) is 0 Å². The first kappa shape index (κ1) is 14.9. The van der Waals surface area contributed by atoms with E-state index in [4.69, 9.17) is 9.31 Å². The molecule has 0 atom stereocenters. The lowest BCUT2D eigenvalue weighted by Crippen LogP contribution is -2.41. The van der Waals surface area contributed by atoms with Gasteiger partial charge in [0.1, 0.15) is 0 Å². The van der Waals surface area contributed by atoms with Crippen LogP contribution in [0.1, 0.15) is 46.1 Å². The van der Waals surface area contributed by atoms with Gasteiger partial charge in [-0.2, -0.15) is 0 Å². The number of nitrogens with zero attached hydrogens (tertiary/aromatic N) is 1. The third-order valence-electron chi connectivity index (χ3n) is 5.19. The first-order valence-corrected chi connectivity index (χ1v) is 8.01. The summed E-state index contributed by atoms with van der Waals surface area (Å²) in [7, 11) is -0.263. The second kappa shape index (κ2) is 5.03. The van der Waals surface area contributed by atoms with Crippen molar-refractivity contribution < 1.29 is 9.31 Å². The summed E-state index contributed by atoms with van der Waals surface area (Å²) in [5, 5.41) is 0. The van der Waals surface area contributed by atoms with E-state index in [0.717, 1.165) is 5.46 Å². The molecule has 0 radical (unpaired) electrons. The number of rotatable bonds is 2. The van der Waals surface area contributed by atoms with E-state index in [0.29, 0.717) is 0 Å². The molecule has 3 nitrogen and oxygen atoms in total. The van der Waals surface area contributed by atoms with Crippen LogP contribution in [0.25, 0.3) is 0 Å². The predicted octanol–water partition coefficient (Wildman–Crippen LogP) is 2.89. The Morgan fingerprint density at radius 1 is 1.00 bits per heavy atom. The molecule has 2 saturated heterocycles. The van der Waals surface area contributed by atoms with E-state index in [1.807, 2.05) is 0 Å². The highest BCUT2D eigenvalue weighted by atomic mass is 16.7. The van der Waals surface area contributed by atoms with E-state index in [1.54, 1.807) is 0 Å². The highest BCUT2D eigenvalue weighted by Crippen LogP contribution is 2.36. The molecule has 1 aromatic rings. The monoisotopic (exact) mass is 287 g/mol. The minimum Gasteiger partial charge on any atom is -0.399 e. The quantitative estimate of drug-likeness (QED) is 0.781. The van der Waals surface area contributed by atoms with Crippen molar-refractivity contribution in [3.63, 3.8) is 0 Å². The van der Waals surface area contributed by atoms with Crippen molar-refractivity contribution >= 4 is 18.3 Å². The Kier molecular flexibility index (Phi) is 3.57. The van der Waals surface area contributed by atoms with E-state index in [2.05, 4.69) is 57.7 Å². The van der Waals surface area contributed by atoms with Crippen LogP contribution in [-0.2, 0) is 9.31 Å². The molecule has 2 fully saturated rings. The van der Waals surface area contributed by atoms with Crippen LogP contribution in [0.15, 0.2) is 18.2 Å². The number of hydrogen-bond donors (Lipinski definition) is 0. The van der Waals surface area contributed by atoms with Crippen LogP contribution >= 0.6 is 0 Å². The number of anilines is 1. The van der Waals surface area contributed by atoms with Gasteiger partial charge in [-0.3, -0.25) is 0 Å². The van der Waals surface area contributed by atoms with Crippen molar-refractivity contribution in [3.8, 4) is 0 Å².